The third kappa shape index (κ3) is 2.71. The molecule has 0 fully saturated rings. The van der Waals surface area contributed by atoms with Crippen molar-refractivity contribution in [3.05, 3.63) is 41.1 Å². The van der Waals surface area contributed by atoms with E-state index in [4.69, 9.17) is 11.6 Å². The van der Waals surface area contributed by atoms with Crippen LogP contribution in [0.4, 0.5) is 10.1 Å². The zero-order valence-corrected chi connectivity index (χ0v) is 11.8. The molecule has 8 heteroatoms. The van der Waals surface area contributed by atoms with Gasteiger partial charge in [-0.2, -0.15) is 8.42 Å². The lowest BCUT2D eigenvalue weighted by atomic mass is 10.2. The molecule has 0 bridgehead atoms. The highest BCUT2D eigenvalue weighted by Crippen LogP contribution is 2.23. The molecular formula is C11H11ClFN3O2S. The standard InChI is InChI=1S/C11H11ClFN3O2S/c1-7-3-4-8(13)9(5-7)15-19(17,18)11-10(12)16(2)6-14-11/h3-6,15H,1-2H3. The fourth-order valence-corrected chi connectivity index (χ4v) is 2.98. The summed E-state index contributed by atoms with van der Waals surface area (Å²) in [5, 5.41) is -0.377. The second-order valence-corrected chi connectivity index (χ2v) is 6.00. The Morgan fingerprint density at radius 1 is 1.42 bits per heavy atom. The first kappa shape index (κ1) is 13.8. The average Bonchev–Trinajstić information content (AvgIpc) is 2.65. The van der Waals surface area contributed by atoms with Crippen molar-refractivity contribution in [2.24, 2.45) is 7.05 Å². The predicted octanol–water partition coefficient (Wildman–Crippen LogP) is 2.32. The van der Waals surface area contributed by atoms with Crippen molar-refractivity contribution < 1.29 is 12.8 Å². The van der Waals surface area contributed by atoms with Crippen LogP contribution in [-0.2, 0) is 17.1 Å². The third-order valence-corrected chi connectivity index (χ3v) is 4.31. The first-order valence-electron chi connectivity index (χ1n) is 5.27. The smallest absolute Gasteiger partial charge is 0.282 e. The molecule has 1 heterocycles. The molecule has 0 spiro atoms. The summed E-state index contributed by atoms with van der Waals surface area (Å²) >= 11 is 5.82. The number of anilines is 1. The summed E-state index contributed by atoms with van der Waals surface area (Å²) in [4.78, 5) is 3.69. The Morgan fingerprint density at radius 2 is 2.11 bits per heavy atom. The molecule has 0 aliphatic carbocycles. The van der Waals surface area contributed by atoms with E-state index in [0.717, 1.165) is 5.56 Å². The SMILES string of the molecule is Cc1ccc(F)c(NS(=O)(=O)c2ncn(C)c2Cl)c1. The fourth-order valence-electron chi connectivity index (χ4n) is 1.48. The van der Waals surface area contributed by atoms with E-state index in [1.165, 1.54) is 23.0 Å². The van der Waals surface area contributed by atoms with Crippen LogP contribution >= 0.6 is 11.6 Å². The lowest BCUT2D eigenvalue weighted by molar-refractivity contribution is 0.595. The van der Waals surface area contributed by atoms with Crippen LogP contribution in [0.2, 0.25) is 5.15 Å². The number of halogens is 2. The summed E-state index contributed by atoms with van der Waals surface area (Å²) in [6.07, 6.45) is 1.27. The molecule has 0 unspecified atom stereocenters. The van der Waals surface area contributed by atoms with Gasteiger partial charge in [-0.05, 0) is 24.6 Å². The maximum atomic E-state index is 13.5. The molecule has 1 N–H and O–H groups in total. The summed E-state index contributed by atoms with van der Waals surface area (Å²) < 4.78 is 41.1. The zero-order valence-electron chi connectivity index (χ0n) is 10.2. The molecule has 1 aromatic heterocycles. The molecule has 2 rings (SSSR count). The normalized spacial score (nSPS) is 11.6. The van der Waals surface area contributed by atoms with Crippen molar-refractivity contribution >= 4 is 27.3 Å². The zero-order chi connectivity index (χ0) is 14.2. The number of nitrogens with one attached hydrogen (secondary N) is 1. The Balaban J connectivity index is 2.42. The van der Waals surface area contributed by atoms with E-state index < -0.39 is 15.8 Å². The van der Waals surface area contributed by atoms with Gasteiger partial charge in [0.25, 0.3) is 10.0 Å². The van der Waals surface area contributed by atoms with Gasteiger partial charge < -0.3 is 4.57 Å². The van der Waals surface area contributed by atoms with Crippen molar-refractivity contribution in [2.45, 2.75) is 11.9 Å². The Labute approximate surface area is 115 Å². The van der Waals surface area contributed by atoms with Crippen LogP contribution in [0.1, 0.15) is 5.56 Å². The molecule has 102 valence electrons. The van der Waals surface area contributed by atoms with E-state index in [1.54, 1.807) is 20.0 Å². The molecule has 19 heavy (non-hydrogen) atoms. The number of hydrogen-bond donors (Lipinski definition) is 1. The van der Waals surface area contributed by atoms with Gasteiger partial charge in [0.2, 0.25) is 5.03 Å². The molecule has 0 amide bonds. The van der Waals surface area contributed by atoms with Crippen LogP contribution in [0.25, 0.3) is 0 Å². The van der Waals surface area contributed by atoms with Gasteiger partial charge >= 0.3 is 0 Å². The van der Waals surface area contributed by atoms with Gasteiger partial charge in [-0.15, -0.1) is 0 Å². The number of imidazole rings is 1. The summed E-state index contributed by atoms with van der Waals surface area (Å²) in [5.41, 5.74) is 0.591. The highest BCUT2D eigenvalue weighted by molar-refractivity contribution is 7.92. The van der Waals surface area contributed by atoms with Gasteiger partial charge in [-0.3, -0.25) is 4.72 Å². The highest BCUT2D eigenvalue weighted by Gasteiger charge is 2.23. The van der Waals surface area contributed by atoms with Crippen LogP contribution < -0.4 is 4.72 Å². The van der Waals surface area contributed by atoms with E-state index in [2.05, 4.69) is 9.71 Å². The number of benzene rings is 1. The summed E-state index contributed by atoms with van der Waals surface area (Å²) in [7, 11) is -2.46. The Kier molecular flexibility index (Phi) is 3.51. The minimum absolute atomic E-state index is 0.0411. The van der Waals surface area contributed by atoms with Crippen LogP contribution in [0.5, 0.6) is 0 Å². The summed E-state index contributed by atoms with van der Waals surface area (Å²) in [6.45, 7) is 1.73. The number of aryl methyl sites for hydroxylation is 2. The molecule has 0 saturated carbocycles. The van der Waals surface area contributed by atoms with Crippen LogP contribution in [0.15, 0.2) is 29.6 Å². The number of rotatable bonds is 3. The quantitative estimate of drug-likeness (QED) is 0.946. The lowest BCUT2D eigenvalue weighted by Crippen LogP contribution is -2.15. The van der Waals surface area contributed by atoms with Crippen molar-refractivity contribution in [1.29, 1.82) is 0 Å². The largest absolute Gasteiger partial charge is 0.324 e. The molecule has 0 atom stereocenters. The lowest BCUT2D eigenvalue weighted by Gasteiger charge is -2.08. The molecule has 0 aliphatic rings. The minimum Gasteiger partial charge on any atom is -0.324 e. The van der Waals surface area contributed by atoms with Gasteiger partial charge in [0.1, 0.15) is 11.0 Å². The molecule has 0 aliphatic heterocycles. The van der Waals surface area contributed by atoms with Crippen molar-refractivity contribution in [2.75, 3.05) is 4.72 Å². The number of hydrogen-bond acceptors (Lipinski definition) is 3. The molecule has 1 aromatic carbocycles. The number of aromatic nitrogens is 2. The first-order chi connectivity index (χ1) is 8.81. The second-order valence-electron chi connectivity index (χ2n) is 4.04. The highest BCUT2D eigenvalue weighted by atomic mass is 35.5. The van der Waals surface area contributed by atoms with Crippen LogP contribution in [-0.4, -0.2) is 18.0 Å². The average molecular weight is 304 g/mol. The van der Waals surface area contributed by atoms with E-state index in [-0.39, 0.29) is 15.9 Å². The van der Waals surface area contributed by atoms with Gasteiger partial charge in [0.05, 0.1) is 12.0 Å². The predicted molar refractivity (Wildman–Crippen MR) is 70.2 cm³/mol. The maximum absolute atomic E-state index is 13.5. The fraction of sp³-hybridized carbons (Fsp3) is 0.182. The maximum Gasteiger partial charge on any atom is 0.282 e. The Bertz CT molecular complexity index is 728. The molecular weight excluding hydrogens is 293 g/mol. The summed E-state index contributed by atoms with van der Waals surface area (Å²) in [6, 6.07) is 4.12. The van der Waals surface area contributed by atoms with Crippen molar-refractivity contribution in [3.8, 4) is 0 Å². The monoisotopic (exact) mass is 303 g/mol. The number of sulfonamides is 1. The molecule has 0 radical (unpaired) electrons. The summed E-state index contributed by atoms with van der Waals surface area (Å²) in [5.74, 6) is -0.666. The van der Waals surface area contributed by atoms with Crippen LogP contribution in [0.3, 0.4) is 0 Å². The molecule has 5 nitrogen and oxygen atoms in total. The van der Waals surface area contributed by atoms with Gasteiger partial charge in [0.15, 0.2) is 0 Å². The minimum atomic E-state index is -4.02. The van der Waals surface area contributed by atoms with Gasteiger partial charge in [-0.25, -0.2) is 9.37 Å². The van der Waals surface area contributed by atoms with E-state index in [9.17, 15) is 12.8 Å². The van der Waals surface area contributed by atoms with Gasteiger partial charge in [0, 0.05) is 7.05 Å². The van der Waals surface area contributed by atoms with Crippen molar-refractivity contribution in [3.63, 3.8) is 0 Å². The molecule has 2 aromatic rings. The van der Waals surface area contributed by atoms with E-state index in [0.29, 0.717) is 0 Å². The third-order valence-electron chi connectivity index (χ3n) is 2.46. The van der Waals surface area contributed by atoms with E-state index in [1.807, 2.05) is 0 Å². The van der Waals surface area contributed by atoms with Gasteiger partial charge in [-0.1, -0.05) is 17.7 Å². The second kappa shape index (κ2) is 4.82. The molecule has 0 saturated heterocycles. The first-order valence-corrected chi connectivity index (χ1v) is 7.13. The Morgan fingerprint density at radius 3 is 2.68 bits per heavy atom. The van der Waals surface area contributed by atoms with E-state index >= 15 is 0 Å². The number of nitrogens with zero attached hydrogens (tertiary/aromatic N) is 2. The Hall–Kier alpha value is -1.60. The topological polar surface area (TPSA) is 64.0 Å². The van der Waals surface area contributed by atoms with Crippen molar-refractivity contribution in [1.82, 2.24) is 9.55 Å². The van der Waals surface area contributed by atoms with Crippen LogP contribution in [0, 0.1) is 12.7 Å².